The van der Waals surface area contributed by atoms with E-state index in [0.29, 0.717) is 12.5 Å². The fourth-order valence-electron chi connectivity index (χ4n) is 2.88. The first-order valence-electron chi connectivity index (χ1n) is 6.85. The molecule has 2 heterocycles. The summed E-state index contributed by atoms with van der Waals surface area (Å²) >= 11 is 0. The van der Waals surface area contributed by atoms with Crippen molar-refractivity contribution >= 4 is 16.8 Å². The van der Waals surface area contributed by atoms with Crippen molar-refractivity contribution in [1.29, 1.82) is 0 Å². The van der Waals surface area contributed by atoms with Crippen molar-refractivity contribution in [3.05, 3.63) is 36.0 Å². The van der Waals surface area contributed by atoms with Crippen molar-refractivity contribution in [1.82, 2.24) is 9.88 Å². The largest absolute Gasteiger partial charge is 0.361 e. The van der Waals surface area contributed by atoms with Gasteiger partial charge in [-0.25, -0.2) is 0 Å². The van der Waals surface area contributed by atoms with E-state index in [2.05, 4.69) is 4.98 Å². The smallest absolute Gasteiger partial charge is 0.254 e. The molecule has 1 saturated heterocycles. The van der Waals surface area contributed by atoms with Crippen molar-refractivity contribution in [2.24, 2.45) is 11.7 Å². The van der Waals surface area contributed by atoms with E-state index < -0.39 is 0 Å². The van der Waals surface area contributed by atoms with E-state index in [1.54, 1.807) is 0 Å². The molecule has 3 rings (SSSR count). The molecule has 19 heavy (non-hydrogen) atoms. The number of rotatable bonds is 2. The van der Waals surface area contributed by atoms with E-state index >= 15 is 0 Å². The number of hydrogen-bond donors (Lipinski definition) is 2. The second-order valence-corrected chi connectivity index (χ2v) is 5.24. The average molecular weight is 257 g/mol. The molecule has 1 aromatic heterocycles. The first kappa shape index (κ1) is 12.2. The summed E-state index contributed by atoms with van der Waals surface area (Å²) in [5.41, 5.74) is 7.54. The molecule has 1 amide bonds. The Hall–Kier alpha value is -1.81. The highest BCUT2D eigenvalue weighted by Crippen LogP contribution is 2.22. The highest BCUT2D eigenvalue weighted by Gasteiger charge is 2.24. The van der Waals surface area contributed by atoms with Gasteiger partial charge in [0.15, 0.2) is 0 Å². The normalized spacial score (nSPS) is 19.8. The van der Waals surface area contributed by atoms with Crippen LogP contribution in [0.1, 0.15) is 23.2 Å². The van der Waals surface area contributed by atoms with Crippen LogP contribution >= 0.6 is 0 Å². The van der Waals surface area contributed by atoms with E-state index in [9.17, 15) is 4.79 Å². The van der Waals surface area contributed by atoms with Gasteiger partial charge in [0.05, 0.1) is 0 Å². The minimum Gasteiger partial charge on any atom is -0.361 e. The molecule has 0 bridgehead atoms. The number of carbonyl (C=O) groups excluding carboxylic acids is 1. The molecule has 0 radical (unpaired) electrons. The zero-order chi connectivity index (χ0) is 13.2. The number of carbonyl (C=O) groups is 1. The lowest BCUT2D eigenvalue weighted by Crippen LogP contribution is -2.42. The Kier molecular flexibility index (Phi) is 3.25. The summed E-state index contributed by atoms with van der Waals surface area (Å²) in [6.07, 6.45) is 4.06. The summed E-state index contributed by atoms with van der Waals surface area (Å²) in [6.45, 7) is 2.30. The molecule has 1 aliphatic rings. The number of nitrogens with zero attached hydrogens (tertiary/aromatic N) is 1. The topological polar surface area (TPSA) is 62.1 Å². The average Bonchev–Trinajstić information content (AvgIpc) is 2.95. The lowest BCUT2D eigenvalue weighted by atomic mass is 9.97. The van der Waals surface area contributed by atoms with Crippen molar-refractivity contribution < 1.29 is 4.79 Å². The Morgan fingerprint density at radius 2 is 2.32 bits per heavy atom. The predicted octanol–water partition coefficient (Wildman–Crippen LogP) is 1.98. The van der Waals surface area contributed by atoms with Gasteiger partial charge in [0, 0.05) is 35.8 Å². The maximum absolute atomic E-state index is 12.6. The van der Waals surface area contributed by atoms with Gasteiger partial charge in [0.2, 0.25) is 0 Å². The number of nitrogens with one attached hydrogen (secondary N) is 1. The number of hydrogen-bond acceptors (Lipinski definition) is 2. The van der Waals surface area contributed by atoms with Crippen LogP contribution in [0.15, 0.2) is 30.5 Å². The lowest BCUT2D eigenvalue weighted by molar-refractivity contribution is 0.0680. The van der Waals surface area contributed by atoms with Crippen LogP contribution in [-0.2, 0) is 0 Å². The number of nitrogens with two attached hydrogens (primary N) is 1. The van der Waals surface area contributed by atoms with Gasteiger partial charge < -0.3 is 15.6 Å². The molecule has 3 N–H and O–H groups in total. The van der Waals surface area contributed by atoms with Gasteiger partial charge in [-0.3, -0.25) is 4.79 Å². The standard InChI is InChI=1S/C15H19N3O/c16-9-11-3-2-8-18(10-11)15(19)13-4-1-5-14-12(13)6-7-17-14/h1,4-7,11,17H,2-3,8-10,16H2. The minimum absolute atomic E-state index is 0.128. The van der Waals surface area contributed by atoms with E-state index in [4.69, 9.17) is 5.73 Å². The van der Waals surface area contributed by atoms with Crippen molar-refractivity contribution in [3.63, 3.8) is 0 Å². The molecule has 4 heteroatoms. The number of benzene rings is 1. The van der Waals surface area contributed by atoms with E-state index in [0.717, 1.165) is 42.4 Å². The zero-order valence-electron chi connectivity index (χ0n) is 10.9. The van der Waals surface area contributed by atoms with E-state index in [1.165, 1.54) is 0 Å². The van der Waals surface area contributed by atoms with Crippen LogP contribution in [0.25, 0.3) is 10.9 Å². The number of likely N-dealkylation sites (tertiary alicyclic amines) is 1. The van der Waals surface area contributed by atoms with Crippen LogP contribution in [0.4, 0.5) is 0 Å². The fourth-order valence-corrected chi connectivity index (χ4v) is 2.88. The van der Waals surface area contributed by atoms with Gasteiger partial charge in [-0.15, -0.1) is 0 Å². The minimum atomic E-state index is 0.128. The van der Waals surface area contributed by atoms with Gasteiger partial charge >= 0.3 is 0 Å². The van der Waals surface area contributed by atoms with Gasteiger partial charge in [0.25, 0.3) is 5.91 Å². The zero-order valence-corrected chi connectivity index (χ0v) is 10.9. The van der Waals surface area contributed by atoms with Crippen molar-refractivity contribution in [2.75, 3.05) is 19.6 Å². The first-order valence-corrected chi connectivity index (χ1v) is 6.85. The fraction of sp³-hybridized carbons (Fsp3) is 0.400. The van der Waals surface area contributed by atoms with Crippen LogP contribution in [-0.4, -0.2) is 35.4 Å². The predicted molar refractivity (Wildman–Crippen MR) is 76.0 cm³/mol. The third kappa shape index (κ3) is 2.24. The first-order chi connectivity index (χ1) is 9.29. The number of fused-ring (bicyclic) bond motifs is 1. The highest BCUT2D eigenvalue weighted by molar-refractivity contribution is 6.06. The van der Waals surface area contributed by atoms with Gasteiger partial charge in [-0.2, -0.15) is 0 Å². The second-order valence-electron chi connectivity index (χ2n) is 5.24. The molecule has 2 aromatic rings. The molecule has 0 spiro atoms. The third-order valence-corrected chi connectivity index (χ3v) is 3.96. The molecular weight excluding hydrogens is 238 g/mol. The molecule has 4 nitrogen and oxygen atoms in total. The summed E-state index contributed by atoms with van der Waals surface area (Å²) in [5, 5.41) is 1.00. The summed E-state index contributed by atoms with van der Waals surface area (Å²) in [5.74, 6) is 0.575. The third-order valence-electron chi connectivity index (χ3n) is 3.96. The Morgan fingerprint density at radius 1 is 1.42 bits per heavy atom. The SMILES string of the molecule is NCC1CCCN(C(=O)c2cccc3[nH]ccc23)C1. The molecule has 100 valence electrons. The van der Waals surface area contributed by atoms with E-state index in [1.807, 2.05) is 35.4 Å². The van der Waals surface area contributed by atoms with E-state index in [-0.39, 0.29) is 5.91 Å². The molecule has 0 aliphatic carbocycles. The summed E-state index contributed by atoms with van der Waals surface area (Å²) in [4.78, 5) is 17.7. The van der Waals surface area contributed by atoms with Gasteiger partial charge in [0.1, 0.15) is 0 Å². The number of aromatic nitrogens is 1. The number of piperidine rings is 1. The van der Waals surface area contributed by atoms with Crippen LogP contribution in [0.2, 0.25) is 0 Å². The molecule has 1 aromatic carbocycles. The Bertz CT molecular complexity index is 590. The summed E-state index contributed by atoms with van der Waals surface area (Å²) < 4.78 is 0. The monoisotopic (exact) mass is 257 g/mol. The molecule has 0 saturated carbocycles. The molecular formula is C15H19N3O. The highest BCUT2D eigenvalue weighted by atomic mass is 16.2. The molecule has 1 unspecified atom stereocenters. The Morgan fingerprint density at radius 3 is 3.16 bits per heavy atom. The summed E-state index contributed by atoms with van der Waals surface area (Å²) in [6, 6.07) is 7.79. The Balaban J connectivity index is 1.89. The Labute approximate surface area is 112 Å². The quantitative estimate of drug-likeness (QED) is 0.864. The number of amides is 1. The second kappa shape index (κ2) is 5.05. The lowest BCUT2D eigenvalue weighted by Gasteiger charge is -2.32. The van der Waals surface area contributed by atoms with Crippen molar-refractivity contribution in [2.45, 2.75) is 12.8 Å². The molecule has 1 fully saturated rings. The molecule has 1 atom stereocenters. The van der Waals surface area contributed by atoms with Crippen LogP contribution in [0.3, 0.4) is 0 Å². The maximum Gasteiger partial charge on any atom is 0.254 e. The van der Waals surface area contributed by atoms with Crippen molar-refractivity contribution in [3.8, 4) is 0 Å². The number of H-pyrrole nitrogens is 1. The van der Waals surface area contributed by atoms with Crippen LogP contribution < -0.4 is 5.73 Å². The molecule has 1 aliphatic heterocycles. The summed E-state index contributed by atoms with van der Waals surface area (Å²) in [7, 11) is 0. The number of aromatic amines is 1. The van der Waals surface area contributed by atoms with Gasteiger partial charge in [-0.1, -0.05) is 6.07 Å². The van der Waals surface area contributed by atoms with Gasteiger partial charge in [-0.05, 0) is 43.5 Å². The van der Waals surface area contributed by atoms with Crippen LogP contribution in [0.5, 0.6) is 0 Å². The maximum atomic E-state index is 12.6. The van der Waals surface area contributed by atoms with Crippen LogP contribution in [0, 0.1) is 5.92 Å².